The monoisotopic (exact) mass is 807 g/mol. The van der Waals surface area contributed by atoms with Gasteiger partial charge in [0.1, 0.15) is 12.0 Å². The first-order valence-electron chi connectivity index (χ1n) is 21.5. The molecule has 0 saturated carbocycles. The highest BCUT2D eigenvalue weighted by Gasteiger charge is 2.25. The van der Waals surface area contributed by atoms with Crippen LogP contribution in [0.1, 0.15) is 28.4 Å². The van der Waals surface area contributed by atoms with Crippen molar-refractivity contribution in [2.75, 3.05) is 0 Å². The zero-order chi connectivity index (χ0) is 41.9. The Labute approximate surface area is 365 Å². The van der Waals surface area contributed by atoms with Gasteiger partial charge in [-0.2, -0.15) is 0 Å². The Morgan fingerprint density at radius 2 is 0.921 bits per heavy atom. The number of benzene rings is 9. The fourth-order valence-corrected chi connectivity index (χ4v) is 9.40. The number of aliphatic imine (C=N–C) groups is 2. The number of rotatable bonds is 7. The Morgan fingerprint density at radius 3 is 1.57 bits per heavy atom. The summed E-state index contributed by atoms with van der Waals surface area (Å²) >= 11 is 0. The molecule has 1 aliphatic rings. The molecule has 0 amide bonds. The predicted molar refractivity (Wildman–Crippen MR) is 263 cm³/mol. The van der Waals surface area contributed by atoms with Crippen molar-refractivity contribution in [3.63, 3.8) is 0 Å². The van der Waals surface area contributed by atoms with E-state index in [1.54, 1.807) is 0 Å². The van der Waals surface area contributed by atoms with Crippen LogP contribution < -0.4 is 5.32 Å². The quantitative estimate of drug-likeness (QED) is 0.171. The van der Waals surface area contributed by atoms with Gasteiger partial charge in [-0.1, -0.05) is 181 Å². The van der Waals surface area contributed by atoms with Crippen LogP contribution in [0, 0.1) is 6.92 Å². The lowest BCUT2D eigenvalue weighted by molar-refractivity contribution is 0.674. The normalized spacial score (nSPS) is 14.0. The molecule has 1 aliphatic heterocycles. The van der Waals surface area contributed by atoms with Gasteiger partial charge in [-0.3, -0.25) is 0 Å². The van der Waals surface area contributed by atoms with Gasteiger partial charge in [-0.05, 0) is 77.2 Å². The number of para-hydroxylation sites is 4. The van der Waals surface area contributed by atoms with Crippen molar-refractivity contribution in [3.05, 3.63) is 241 Å². The molecule has 11 aromatic rings. The molecule has 2 aromatic heterocycles. The van der Waals surface area contributed by atoms with Gasteiger partial charge in [0.25, 0.3) is 0 Å². The molecule has 9 aromatic carbocycles. The van der Waals surface area contributed by atoms with Crippen LogP contribution >= 0.6 is 0 Å². The second kappa shape index (κ2) is 15.0. The number of fused-ring (bicyclic) bond motifs is 6. The highest BCUT2D eigenvalue weighted by molar-refractivity contribution is 6.15. The summed E-state index contributed by atoms with van der Waals surface area (Å²) in [4.78, 5) is 10.6. The smallest absolute Gasteiger partial charge is 0.159 e. The molecule has 3 heterocycles. The van der Waals surface area contributed by atoms with E-state index >= 15 is 0 Å². The van der Waals surface area contributed by atoms with Crippen LogP contribution in [0.4, 0.5) is 0 Å². The first kappa shape index (κ1) is 36.6. The fraction of sp³-hybridized carbons (Fsp3) is 0.0345. The number of hydrogen-bond acceptors (Lipinski definition) is 3. The first-order chi connectivity index (χ1) is 31.1. The minimum Gasteiger partial charge on any atom is -0.344 e. The lowest BCUT2D eigenvalue weighted by Gasteiger charge is -2.25. The van der Waals surface area contributed by atoms with Crippen molar-refractivity contribution in [2.24, 2.45) is 9.98 Å². The van der Waals surface area contributed by atoms with Gasteiger partial charge in [-0.15, -0.1) is 0 Å². The number of aryl methyl sites for hydroxylation is 1. The largest absolute Gasteiger partial charge is 0.344 e. The van der Waals surface area contributed by atoms with Crippen molar-refractivity contribution in [1.82, 2.24) is 14.5 Å². The molecular formula is C58H41N5. The molecule has 1 unspecified atom stereocenters. The molecule has 0 saturated heterocycles. The van der Waals surface area contributed by atoms with Crippen LogP contribution in [-0.4, -0.2) is 20.8 Å². The Balaban J connectivity index is 1.08. The Bertz CT molecular complexity index is 3520. The summed E-state index contributed by atoms with van der Waals surface area (Å²) in [6.07, 6.45) is -0.435. The van der Waals surface area contributed by atoms with Gasteiger partial charge in [0.2, 0.25) is 0 Å². The highest BCUT2D eigenvalue weighted by Crippen LogP contribution is 2.41. The van der Waals surface area contributed by atoms with Gasteiger partial charge in [0.15, 0.2) is 5.84 Å². The van der Waals surface area contributed by atoms with Crippen LogP contribution in [-0.2, 0) is 0 Å². The van der Waals surface area contributed by atoms with E-state index in [0.717, 1.165) is 61.6 Å². The summed E-state index contributed by atoms with van der Waals surface area (Å²) in [5.74, 6) is 1.47. The molecule has 0 fully saturated rings. The summed E-state index contributed by atoms with van der Waals surface area (Å²) in [5.41, 5.74) is 15.6. The molecule has 5 nitrogen and oxygen atoms in total. The lowest BCUT2D eigenvalue weighted by Crippen LogP contribution is -2.33. The van der Waals surface area contributed by atoms with Gasteiger partial charge >= 0.3 is 0 Å². The molecule has 63 heavy (non-hydrogen) atoms. The van der Waals surface area contributed by atoms with Crippen molar-refractivity contribution in [3.8, 4) is 33.6 Å². The average Bonchev–Trinajstić information content (AvgIpc) is 3.88. The summed E-state index contributed by atoms with van der Waals surface area (Å²) in [6, 6.07) is 78.3. The fourth-order valence-electron chi connectivity index (χ4n) is 9.40. The number of nitrogens with zero attached hydrogens (tertiary/aromatic N) is 4. The standard InChI is InChI=1S/C58H41N5/c1-38-27-29-42(30-28-38)56-59-57(43-33-31-41(32-34-43)39-15-4-2-5-16-39)61-58(60-56)45-35-44(40-17-6-3-7-18-40)36-46(37-45)62-51-23-11-10-21-49(51)50-22-14-26-54(55(50)62)63-52-24-12-8-19-47(52)48-20-9-13-25-53(48)63/h2-37,58H,1H3,(H,59,60,61). The third-order valence-electron chi connectivity index (χ3n) is 12.4. The molecule has 0 aliphatic carbocycles. The van der Waals surface area contributed by atoms with E-state index in [0.29, 0.717) is 5.84 Å². The van der Waals surface area contributed by atoms with E-state index in [-0.39, 0.29) is 0 Å². The molecule has 0 spiro atoms. The lowest BCUT2D eigenvalue weighted by atomic mass is 9.99. The van der Waals surface area contributed by atoms with E-state index < -0.39 is 6.17 Å². The third-order valence-corrected chi connectivity index (χ3v) is 12.4. The van der Waals surface area contributed by atoms with Crippen LogP contribution in [0.5, 0.6) is 0 Å². The zero-order valence-electron chi connectivity index (χ0n) is 34.7. The van der Waals surface area contributed by atoms with Crippen LogP contribution in [0.25, 0.3) is 77.2 Å². The van der Waals surface area contributed by atoms with Crippen molar-refractivity contribution < 1.29 is 0 Å². The summed E-state index contributed by atoms with van der Waals surface area (Å²) < 4.78 is 4.90. The molecule has 0 radical (unpaired) electrons. The number of nitrogens with one attached hydrogen (secondary N) is 1. The second-order valence-electron chi connectivity index (χ2n) is 16.3. The SMILES string of the molecule is Cc1ccc(C2=NC(c3cc(-c4ccccc4)cc(-n4c5ccccc5c5cccc(-n6c7ccccc7c7ccccc76)c54)c3)NC(c3ccc(-c4ccccc4)cc3)=N2)cc1. The van der Waals surface area contributed by atoms with Gasteiger partial charge in [-0.25, -0.2) is 9.98 Å². The zero-order valence-corrected chi connectivity index (χ0v) is 34.7. The van der Waals surface area contributed by atoms with E-state index in [2.05, 4.69) is 240 Å². The van der Waals surface area contributed by atoms with Gasteiger partial charge in [0, 0.05) is 38.4 Å². The first-order valence-corrected chi connectivity index (χ1v) is 21.5. The van der Waals surface area contributed by atoms with E-state index in [4.69, 9.17) is 9.98 Å². The van der Waals surface area contributed by atoms with E-state index in [9.17, 15) is 0 Å². The Kier molecular flexibility index (Phi) is 8.71. The number of amidine groups is 2. The number of hydrogen-bond donors (Lipinski definition) is 1. The predicted octanol–water partition coefficient (Wildman–Crippen LogP) is 14.0. The van der Waals surface area contributed by atoms with Crippen molar-refractivity contribution in [1.29, 1.82) is 0 Å². The van der Waals surface area contributed by atoms with Gasteiger partial charge < -0.3 is 14.5 Å². The maximum absolute atomic E-state index is 5.41. The molecule has 0 bridgehead atoms. The Hall–Kier alpha value is -8.28. The third kappa shape index (κ3) is 6.33. The Morgan fingerprint density at radius 1 is 0.413 bits per heavy atom. The maximum atomic E-state index is 5.41. The summed E-state index contributed by atoms with van der Waals surface area (Å²) in [5, 5.41) is 8.67. The summed E-state index contributed by atoms with van der Waals surface area (Å²) in [6.45, 7) is 2.11. The number of aromatic nitrogens is 2. The molecular weight excluding hydrogens is 767 g/mol. The van der Waals surface area contributed by atoms with Crippen molar-refractivity contribution >= 4 is 55.3 Å². The van der Waals surface area contributed by atoms with Gasteiger partial charge in [0.05, 0.1) is 27.8 Å². The maximum Gasteiger partial charge on any atom is 0.159 e. The highest BCUT2D eigenvalue weighted by atomic mass is 15.2. The van der Waals surface area contributed by atoms with Crippen molar-refractivity contribution in [2.45, 2.75) is 13.1 Å². The van der Waals surface area contributed by atoms with E-state index in [1.165, 1.54) is 43.7 Å². The average molecular weight is 808 g/mol. The molecule has 1 atom stereocenters. The molecule has 298 valence electrons. The summed E-state index contributed by atoms with van der Waals surface area (Å²) in [7, 11) is 0. The topological polar surface area (TPSA) is 46.6 Å². The minimum atomic E-state index is -0.435. The van der Waals surface area contributed by atoms with E-state index in [1.807, 2.05) is 0 Å². The molecule has 5 heteroatoms. The van der Waals surface area contributed by atoms with Crippen LogP contribution in [0.15, 0.2) is 228 Å². The second-order valence-corrected chi connectivity index (χ2v) is 16.3. The van der Waals surface area contributed by atoms with Crippen LogP contribution in [0.2, 0.25) is 0 Å². The molecule has 12 rings (SSSR count). The minimum absolute atomic E-state index is 0.435. The molecule has 1 N–H and O–H groups in total. The van der Waals surface area contributed by atoms with Crippen LogP contribution in [0.3, 0.4) is 0 Å².